The molecule has 29 heavy (non-hydrogen) atoms. The molecule has 1 unspecified atom stereocenters. The van der Waals surface area contributed by atoms with E-state index in [1.54, 1.807) is 6.08 Å². The van der Waals surface area contributed by atoms with Crippen molar-refractivity contribution in [3.63, 3.8) is 0 Å². The Morgan fingerprint density at radius 3 is 2.62 bits per heavy atom. The van der Waals surface area contributed by atoms with E-state index in [9.17, 15) is 9.59 Å². The maximum atomic E-state index is 12.5. The molecule has 1 amide bonds. The number of ether oxygens (including phenoxy) is 1. The van der Waals surface area contributed by atoms with E-state index in [1.165, 1.54) is 18.9 Å². The fraction of sp³-hybridized carbons (Fsp3) is 0.227. The van der Waals surface area contributed by atoms with Crippen LogP contribution < -0.4 is 10.6 Å². The van der Waals surface area contributed by atoms with Crippen LogP contribution >= 0.6 is 11.8 Å². The summed E-state index contributed by atoms with van der Waals surface area (Å²) in [5.41, 5.74) is 3.27. The standard InChI is InChI=1S/C22H23N3O3S/c1-15(22(27)23-14-16-8-4-3-5-9-16)29-20-12-17(13-21(26)28-2)24-18-10-6-7-11-19(18)25-20/h3-12,15,24H,13-14H2,1-2H3,(H,23,27). The minimum atomic E-state index is -0.349. The average molecular weight is 410 g/mol. The Balaban J connectivity index is 1.72. The Hall–Kier alpha value is -3.06. The van der Waals surface area contributed by atoms with Gasteiger partial charge in [-0.15, -0.1) is 0 Å². The molecule has 3 rings (SSSR count). The Morgan fingerprint density at radius 1 is 1.14 bits per heavy atom. The molecule has 0 bridgehead atoms. The van der Waals surface area contributed by atoms with E-state index < -0.39 is 0 Å². The third-order valence-electron chi connectivity index (χ3n) is 4.27. The van der Waals surface area contributed by atoms with Crippen LogP contribution in [0.15, 0.2) is 71.4 Å². The number of nitrogens with one attached hydrogen (secondary N) is 2. The largest absolute Gasteiger partial charge is 0.469 e. The van der Waals surface area contributed by atoms with Crippen molar-refractivity contribution in [3.05, 3.63) is 71.9 Å². The number of para-hydroxylation sites is 2. The van der Waals surface area contributed by atoms with Crippen LogP contribution in [0.4, 0.5) is 11.4 Å². The number of hydrogen-bond donors (Lipinski definition) is 2. The van der Waals surface area contributed by atoms with Crippen LogP contribution in [-0.4, -0.2) is 29.3 Å². The minimum absolute atomic E-state index is 0.0741. The van der Waals surface area contributed by atoms with Crippen molar-refractivity contribution in [1.29, 1.82) is 0 Å². The first-order valence-electron chi connectivity index (χ1n) is 9.25. The van der Waals surface area contributed by atoms with Crippen molar-refractivity contribution < 1.29 is 14.3 Å². The van der Waals surface area contributed by atoms with Crippen LogP contribution in [-0.2, 0) is 20.9 Å². The molecule has 1 aliphatic heterocycles. The maximum absolute atomic E-state index is 12.5. The first-order valence-corrected chi connectivity index (χ1v) is 10.1. The second-order valence-corrected chi connectivity index (χ2v) is 7.84. The number of thioether (sulfide) groups is 1. The summed E-state index contributed by atoms with van der Waals surface area (Å²) in [6.45, 7) is 2.32. The number of carbonyl (C=O) groups excluding carboxylic acids is 2. The molecule has 0 aromatic heterocycles. The number of amides is 1. The van der Waals surface area contributed by atoms with Crippen molar-refractivity contribution in [1.82, 2.24) is 5.32 Å². The van der Waals surface area contributed by atoms with Gasteiger partial charge < -0.3 is 15.4 Å². The van der Waals surface area contributed by atoms with Gasteiger partial charge in [-0.3, -0.25) is 9.59 Å². The molecule has 0 radical (unpaired) electrons. The lowest BCUT2D eigenvalue weighted by molar-refractivity contribution is -0.139. The lowest BCUT2D eigenvalue weighted by Crippen LogP contribution is -2.31. The molecular formula is C22H23N3O3S. The quantitative estimate of drug-likeness (QED) is 0.704. The van der Waals surface area contributed by atoms with Gasteiger partial charge in [-0.25, -0.2) is 4.99 Å². The summed E-state index contributed by atoms with van der Waals surface area (Å²) < 4.78 is 4.78. The number of hydrogen-bond acceptors (Lipinski definition) is 6. The molecule has 6 nitrogen and oxygen atoms in total. The number of benzene rings is 2. The van der Waals surface area contributed by atoms with Gasteiger partial charge in [-0.2, -0.15) is 0 Å². The minimum Gasteiger partial charge on any atom is -0.469 e. The predicted molar refractivity (Wildman–Crippen MR) is 117 cm³/mol. The summed E-state index contributed by atoms with van der Waals surface area (Å²) in [5.74, 6) is -0.420. The highest BCUT2D eigenvalue weighted by molar-refractivity contribution is 8.15. The number of nitrogens with zero attached hydrogens (tertiary/aromatic N) is 1. The molecule has 1 heterocycles. The molecule has 0 fully saturated rings. The van der Waals surface area contributed by atoms with Crippen LogP contribution in [0, 0.1) is 0 Å². The van der Waals surface area contributed by atoms with Gasteiger partial charge in [0.25, 0.3) is 0 Å². The van der Waals surface area contributed by atoms with Crippen molar-refractivity contribution >= 4 is 40.1 Å². The van der Waals surface area contributed by atoms with Gasteiger partial charge in [0.15, 0.2) is 0 Å². The highest BCUT2D eigenvalue weighted by Crippen LogP contribution is 2.31. The van der Waals surface area contributed by atoms with Gasteiger partial charge in [-0.1, -0.05) is 54.2 Å². The summed E-state index contributed by atoms with van der Waals surface area (Å²) in [4.78, 5) is 28.9. The van der Waals surface area contributed by atoms with Crippen molar-refractivity contribution in [2.24, 2.45) is 4.99 Å². The maximum Gasteiger partial charge on any atom is 0.311 e. The smallest absolute Gasteiger partial charge is 0.311 e. The van der Waals surface area contributed by atoms with Crippen LogP contribution in [0.2, 0.25) is 0 Å². The SMILES string of the molecule is COC(=O)CC1=CC(SC(C)C(=O)NCc2ccccc2)=Nc2ccccc2N1. The van der Waals surface area contributed by atoms with Crippen LogP contribution in [0.1, 0.15) is 18.9 Å². The summed E-state index contributed by atoms with van der Waals surface area (Å²) >= 11 is 1.35. The van der Waals surface area contributed by atoms with E-state index in [-0.39, 0.29) is 23.5 Å². The van der Waals surface area contributed by atoms with Crippen molar-refractivity contribution in [2.75, 3.05) is 12.4 Å². The molecule has 2 aromatic carbocycles. The van der Waals surface area contributed by atoms with E-state index in [4.69, 9.17) is 4.74 Å². The van der Waals surface area contributed by atoms with E-state index in [0.717, 1.165) is 16.9 Å². The molecule has 0 saturated heterocycles. The van der Waals surface area contributed by atoms with E-state index in [1.807, 2.05) is 61.5 Å². The lowest BCUT2D eigenvalue weighted by Gasteiger charge is -2.12. The average Bonchev–Trinajstić information content (AvgIpc) is 2.90. The number of carbonyl (C=O) groups is 2. The molecule has 1 atom stereocenters. The van der Waals surface area contributed by atoms with Gasteiger partial charge in [0.1, 0.15) is 0 Å². The Labute approximate surface area is 174 Å². The summed E-state index contributed by atoms with van der Waals surface area (Å²) in [7, 11) is 1.36. The Bertz CT molecular complexity index is 941. The molecule has 150 valence electrons. The van der Waals surface area contributed by atoms with Gasteiger partial charge in [0.2, 0.25) is 5.91 Å². The van der Waals surface area contributed by atoms with E-state index in [0.29, 0.717) is 17.3 Å². The van der Waals surface area contributed by atoms with E-state index >= 15 is 0 Å². The molecule has 2 aromatic rings. The zero-order chi connectivity index (χ0) is 20.6. The lowest BCUT2D eigenvalue weighted by atomic mass is 10.2. The fourth-order valence-electron chi connectivity index (χ4n) is 2.73. The Morgan fingerprint density at radius 2 is 1.86 bits per heavy atom. The molecular weight excluding hydrogens is 386 g/mol. The molecule has 0 spiro atoms. The number of anilines is 1. The topological polar surface area (TPSA) is 79.8 Å². The molecule has 1 aliphatic rings. The molecule has 0 aliphatic carbocycles. The Kier molecular flexibility index (Phi) is 7.08. The van der Waals surface area contributed by atoms with Gasteiger partial charge in [-0.05, 0) is 30.7 Å². The molecule has 2 N–H and O–H groups in total. The second-order valence-electron chi connectivity index (χ2n) is 6.48. The summed E-state index contributed by atoms with van der Waals surface area (Å²) in [6, 6.07) is 17.3. The van der Waals surface area contributed by atoms with Gasteiger partial charge >= 0.3 is 5.97 Å². The number of rotatable bonds is 6. The number of esters is 1. The molecule has 0 saturated carbocycles. The highest BCUT2D eigenvalue weighted by Gasteiger charge is 2.19. The van der Waals surface area contributed by atoms with Crippen LogP contribution in [0.3, 0.4) is 0 Å². The van der Waals surface area contributed by atoms with E-state index in [2.05, 4.69) is 15.6 Å². The van der Waals surface area contributed by atoms with Crippen LogP contribution in [0.25, 0.3) is 0 Å². The highest BCUT2D eigenvalue weighted by atomic mass is 32.2. The van der Waals surface area contributed by atoms with Crippen LogP contribution in [0.5, 0.6) is 0 Å². The first kappa shape index (κ1) is 20.7. The predicted octanol–water partition coefficient (Wildman–Crippen LogP) is 4.03. The third-order valence-corrected chi connectivity index (χ3v) is 5.28. The van der Waals surface area contributed by atoms with Gasteiger partial charge in [0, 0.05) is 12.2 Å². The number of fused-ring (bicyclic) bond motifs is 1. The van der Waals surface area contributed by atoms with Gasteiger partial charge in [0.05, 0.1) is 35.2 Å². The number of methoxy groups -OCH3 is 1. The summed E-state index contributed by atoms with van der Waals surface area (Å²) in [6.07, 6.45) is 1.89. The summed E-state index contributed by atoms with van der Waals surface area (Å²) in [5, 5.41) is 6.49. The second kappa shape index (κ2) is 9.93. The van der Waals surface area contributed by atoms with Crippen molar-refractivity contribution in [2.45, 2.75) is 25.1 Å². The van der Waals surface area contributed by atoms with Crippen molar-refractivity contribution in [3.8, 4) is 0 Å². The monoisotopic (exact) mass is 409 g/mol. The zero-order valence-electron chi connectivity index (χ0n) is 16.3. The normalized spacial score (nSPS) is 13.7. The first-order chi connectivity index (χ1) is 14.0. The molecule has 7 heteroatoms. The number of aliphatic imine (C=N–C) groups is 1. The fourth-order valence-corrected chi connectivity index (χ4v) is 3.65. The zero-order valence-corrected chi connectivity index (χ0v) is 17.2. The third kappa shape index (κ3) is 5.96.